The lowest BCUT2D eigenvalue weighted by atomic mass is 9.44. The molecule has 0 spiro atoms. The van der Waals surface area contributed by atoms with Crippen molar-refractivity contribution in [3.8, 4) is 0 Å². The quantitative estimate of drug-likeness (QED) is 0.776. The van der Waals surface area contributed by atoms with Crippen LogP contribution in [-0.4, -0.2) is 41.0 Å². The van der Waals surface area contributed by atoms with Crippen LogP contribution in [0.25, 0.3) is 0 Å². The van der Waals surface area contributed by atoms with Crippen LogP contribution in [0.2, 0.25) is 0 Å². The molecular weight excluding hydrogens is 334 g/mol. The Morgan fingerprint density at radius 2 is 1.74 bits per heavy atom. The minimum atomic E-state index is -0.491. The van der Waals surface area contributed by atoms with Crippen LogP contribution in [0.1, 0.15) is 85.5 Å². The Balaban J connectivity index is 1.52. The largest absolute Gasteiger partial charge is 0.389 e. The predicted molar refractivity (Wildman–Crippen MR) is 109 cm³/mol. The SMILES string of the molecule is CCN(CC)C[C@@]1(O)CC[C@@]2(C)[C@@H](CC[C@@H]3[C@@H]2CC[C@]2(C)C(=O)CC[C@@H]32)C1. The summed E-state index contributed by atoms with van der Waals surface area (Å²) in [5, 5.41) is 11.4. The number of ketones is 1. The van der Waals surface area contributed by atoms with E-state index < -0.39 is 5.60 Å². The van der Waals surface area contributed by atoms with Crippen molar-refractivity contribution in [2.24, 2.45) is 34.5 Å². The fourth-order valence-electron chi connectivity index (χ4n) is 8.10. The van der Waals surface area contributed by atoms with E-state index in [9.17, 15) is 9.90 Å². The van der Waals surface area contributed by atoms with E-state index in [1.165, 1.54) is 25.7 Å². The smallest absolute Gasteiger partial charge is 0.139 e. The van der Waals surface area contributed by atoms with Gasteiger partial charge in [-0.05, 0) is 93.5 Å². The first-order valence-corrected chi connectivity index (χ1v) is 11.7. The van der Waals surface area contributed by atoms with Crippen molar-refractivity contribution in [1.82, 2.24) is 4.90 Å². The summed E-state index contributed by atoms with van der Waals surface area (Å²) < 4.78 is 0. The zero-order valence-electron chi connectivity index (χ0n) is 18.1. The van der Waals surface area contributed by atoms with E-state index in [4.69, 9.17) is 0 Å². The molecule has 0 aromatic carbocycles. The molecular formula is C24H41NO2. The number of likely N-dealkylation sites (N-methyl/N-ethyl adjacent to an activating group) is 1. The normalized spacial score (nSPS) is 49.6. The molecule has 154 valence electrons. The van der Waals surface area contributed by atoms with Crippen LogP contribution >= 0.6 is 0 Å². The molecule has 4 fully saturated rings. The van der Waals surface area contributed by atoms with Gasteiger partial charge in [0.15, 0.2) is 0 Å². The second-order valence-electron chi connectivity index (χ2n) is 11.0. The van der Waals surface area contributed by atoms with Crippen LogP contribution in [0, 0.1) is 34.5 Å². The monoisotopic (exact) mass is 375 g/mol. The van der Waals surface area contributed by atoms with Crippen molar-refractivity contribution in [3.63, 3.8) is 0 Å². The first-order chi connectivity index (χ1) is 12.8. The molecule has 0 aromatic heterocycles. The lowest BCUT2D eigenvalue weighted by Gasteiger charge is -2.61. The third kappa shape index (κ3) is 3.03. The number of carbonyl (C=O) groups is 1. The summed E-state index contributed by atoms with van der Waals surface area (Å²) in [5.74, 6) is 3.38. The van der Waals surface area contributed by atoms with Crippen molar-refractivity contribution in [2.75, 3.05) is 19.6 Å². The highest BCUT2D eigenvalue weighted by molar-refractivity contribution is 5.87. The highest BCUT2D eigenvalue weighted by Gasteiger charge is 2.61. The van der Waals surface area contributed by atoms with E-state index in [0.29, 0.717) is 23.0 Å². The van der Waals surface area contributed by atoms with Crippen LogP contribution in [0.4, 0.5) is 0 Å². The fraction of sp³-hybridized carbons (Fsp3) is 0.958. The topological polar surface area (TPSA) is 40.5 Å². The van der Waals surface area contributed by atoms with Gasteiger partial charge in [0.05, 0.1) is 5.60 Å². The summed E-state index contributed by atoms with van der Waals surface area (Å²) in [5.41, 5.74) is -0.122. The summed E-state index contributed by atoms with van der Waals surface area (Å²) in [4.78, 5) is 15.0. The van der Waals surface area contributed by atoms with Crippen molar-refractivity contribution < 1.29 is 9.90 Å². The van der Waals surface area contributed by atoms with Gasteiger partial charge in [0.2, 0.25) is 0 Å². The predicted octanol–water partition coefficient (Wildman–Crippen LogP) is 4.67. The molecule has 4 saturated carbocycles. The number of hydrogen-bond acceptors (Lipinski definition) is 3. The van der Waals surface area contributed by atoms with Crippen LogP contribution in [-0.2, 0) is 4.79 Å². The van der Waals surface area contributed by atoms with Gasteiger partial charge in [-0.15, -0.1) is 0 Å². The van der Waals surface area contributed by atoms with Gasteiger partial charge in [-0.3, -0.25) is 4.79 Å². The summed E-state index contributed by atoms with van der Waals surface area (Å²) in [6.45, 7) is 12.1. The maximum absolute atomic E-state index is 12.6. The third-order valence-electron chi connectivity index (χ3n) is 9.94. The average molecular weight is 376 g/mol. The zero-order valence-corrected chi connectivity index (χ0v) is 18.1. The second kappa shape index (κ2) is 6.83. The van der Waals surface area contributed by atoms with Crippen LogP contribution in [0.3, 0.4) is 0 Å². The van der Waals surface area contributed by atoms with Crippen LogP contribution < -0.4 is 0 Å². The first-order valence-electron chi connectivity index (χ1n) is 11.7. The minimum absolute atomic E-state index is 0.0114. The molecule has 0 saturated heterocycles. The molecule has 0 aliphatic heterocycles. The Morgan fingerprint density at radius 1 is 1.00 bits per heavy atom. The Labute approximate surface area is 166 Å². The zero-order chi connectivity index (χ0) is 19.4. The van der Waals surface area contributed by atoms with Gasteiger partial charge in [-0.2, -0.15) is 0 Å². The molecule has 0 amide bonds. The summed E-state index contributed by atoms with van der Waals surface area (Å²) in [6, 6.07) is 0. The Bertz CT molecular complexity index is 587. The second-order valence-corrected chi connectivity index (χ2v) is 11.0. The van der Waals surface area contributed by atoms with E-state index in [2.05, 4.69) is 32.6 Å². The van der Waals surface area contributed by atoms with Crippen LogP contribution in [0.5, 0.6) is 0 Å². The van der Waals surface area contributed by atoms with Crippen molar-refractivity contribution in [2.45, 2.75) is 91.1 Å². The average Bonchev–Trinajstić information content (AvgIpc) is 2.96. The molecule has 3 heteroatoms. The fourth-order valence-corrected chi connectivity index (χ4v) is 8.10. The molecule has 4 rings (SSSR count). The maximum Gasteiger partial charge on any atom is 0.139 e. The number of hydrogen-bond donors (Lipinski definition) is 1. The lowest BCUT2D eigenvalue weighted by Crippen LogP contribution is -2.57. The van der Waals surface area contributed by atoms with Gasteiger partial charge >= 0.3 is 0 Å². The number of rotatable bonds is 4. The molecule has 0 unspecified atom stereocenters. The molecule has 7 atom stereocenters. The van der Waals surface area contributed by atoms with Gasteiger partial charge in [-0.25, -0.2) is 0 Å². The van der Waals surface area contributed by atoms with Crippen LogP contribution in [0.15, 0.2) is 0 Å². The van der Waals surface area contributed by atoms with Gasteiger partial charge < -0.3 is 10.0 Å². The lowest BCUT2D eigenvalue weighted by molar-refractivity contribution is -0.157. The number of fused-ring (bicyclic) bond motifs is 5. The maximum atomic E-state index is 12.6. The molecule has 27 heavy (non-hydrogen) atoms. The van der Waals surface area contributed by atoms with Crippen molar-refractivity contribution in [3.05, 3.63) is 0 Å². The molecule has 0 heterocycles. The standard InChI is InChI=1S/C24H41NO2/c1-5-25(6-2)16-24(27)14-13-22(3)17(15-24)7-8-18-19-9-10-21(26)23(19,4)12-11-20(18)22/h17-20,27H,5-16H2,1-4H3/t17-,18-,19-,20-,22-,23-,24+/m0/s1. The van der Waals surface area contributed by atoms with E-state index in [1.807, 2.05) is 0 Å². The highest BCUT2D eigenvalue weighted by Crippen LogP contribution is 2.66. The molecule has 0 radical (unpaired) electrons. The number of Topliss-reactive ketones (excluding diaryl/α,β-unsaturated/α-hetero) is 1. The van der Waals surface area contributed by atoms with Gasteiger partial charge in [0.25, 0.3) is 0 Å². The highest BCUT2D eigenvalue weighted by atomic mass is 16.3. The molecule has 3 nitrogen and oxygen atoms in total. The van der Waals surface area contributed by atoms with E-state index in [0.717, 1.165) is 63.6 Å². The van der Waals surface area contributed by atoms with Gasteiger partial charge in [0, 0.05) is 18.4 Å². The van der Waals surface area contributed by atoms with E-state index >= 15 is 0 Å². The minimum Gasteiger partial charge on any atom is -0.389 e. The Morgan fingerprint density at radius 3 is 2.44 bits per heavy atom. The first kappa shape index (κ1) is 19.9. The number of carbonyl (C=O) groups excluding carboxylic acids is 1. The number of nitrogens with zero attached hydrogens (tertiary/aromatic N) is 1. The summed E-state index contributed by atoms with van der Waals surface area (Å²) in [7, 11) is 0. The molecule has 1 N–H and O–H groups in total. The molecule has 4 aliphatic rings. The van der Waals surface area contributed by atoms with E-state index in [1.54, 1.807) is 0 Å². The molecule has 0 bridgehead atoms. The number of aliphatic hydroxyl groups is 1. The Kier molecular flexibility index (Phi) is 5.03. The summed E-state index contributed by atoms with van der Waals surface area (Å²) >= 11 is 0. The Hall–Kier alpha value is -0.410. The summed E-state index contributed by atoms with van der Waals surface area (Å²) in [6.07, 6.45) is 10.0. The van der Waals surface area contributed by atoms with Gasteiger partial charge in [-0.1, -0.05) is 27.7 Å². The van der Waals surface area contributed by atoms with Gasteiger partial charge in [0.1, 0.15) is 5.78 Å². The molecule has 0 aromatic rings. The third-order valence-corrected chi connectivity index (χ3v) is 9.94. The molecule has 4 aliphatic carbocycles. The van der Waals surface area contributed by atoms with E-state index in [-0.39, 0.29) is 5.41 Å². The van der Waals surface area contributed by atoms with Crippen molar-refractivity contribution >= 4 is 5.78 Å². The van der Waals surface area contributed by atoms with Crippen molar-refractivity contribution in [1.29, 1.82) is 0 Å².